The molecule has 5 heteroatoms. The number of hydrogen-bond acceptors (Lipinski definition) is 2. The molecule has 0 atom stereocenters. The molecule has 19 heavy (non-hydrogen) atoms. The quantitative estimate of drug-likeness (QED) is 0.578. The van der Waals surface area contributed by atoms with Crippen molar-refractivity contribution >= 4 is 17.0 Å². The van der Waals surface area contributed by atoms with Crippen LogP contribution in [0.2, 0.25) is 0 Å². The van der Waals surface area contributed by atoms with Gasteiger partial charge >= 0.3 is 0 Å². The van der Waals surface area contributed by atoms with Crippen molar-refractivity contribution in [2.75, 3.05) is 13.6 Å². The summed E-state index contributed by atoms with van der Waals surface area (Å²) in [4.78, 5) is 12.0. The number of aliphatic imine (C=N–C) groups is 1. The first-order chi connectivity index (χ1) is 9.19. The molecule has 1 aromatic heterocycles. The van der Waals surface area contributed by atoms with Gasteiger partial charge in [0.1, 0.15) is 5.82 Å². The molecule has 0 bridgehead atoms. The van der Waals surface area contributed by atoms with Gasteiger partial charge in [-0.1, -0.05) is 12.1 Å². The number of hydrogen-bond donors (Lipinski definition) is 3. The van der Waals surface area contributed by atoms with E-state index in [0.717, 1.165) is 35.8 Å². The molecule has 3 N–H and O–H groups in total. The highest BCUT2D eigenvalue weighted by Crippen LogP contribution is 2.10. The molecule has 0 unspecified atom stereocenters. The number of rotatable bonds is 4. The zero-order chi connectivity index (χ0) is 13.7. The Bertz CT molecular complexity index is 523. The molecule has 1 aromatic carbocycles. The summed E-state index contributed by atoms with van der Waals surface area (Å²) in [6.07, 6.45) is 0.841. The maximum absolute atomic E-state index is 4.54. The van der Waals surface area contributed by atoms with E-state index >= 15 is 0 Å². The number of aromatic nitrogens is 2. The third kappa shape index (κ3) is 3.71. The van der Waals surface area contributed by atoms with Crippen molar-refractivity contribution < 1.29 is 0 Å². The Balaban J connectivity index is 1.88. The van der Waals surface area contributed by atoms with E-state index in [2.05, 4.69) is 39.4 Å². The molecule has 0 fully saturated rings. The first-order valence-electron chi connectivity index (χ1n) is 6.60. The number of guanidine groups is 1. The van der Waals surface area contributed by atoms with Crippen LogP contribution in [0.25, 0.3) is 11.0 Å². The van der Waals surface area contributed by atoms with Crippen LogP contribution in [0.5, 0.6) is 0 Å². The Labute approximate surface area is 113 Å². The van der Waals surface area contributed by atoms with E-state index in [1.54, 1.807) is 7.05 Å². The van der Waals surface area contributed by atoms with Gasteiger partial charge in [-0.05, 0) is 26.0 Å². The molecule has 0 aliphatic heterocycles. The summed E-state index contributed by atoms with van der Waals surface area (Å²) in [6, 6.07) is 8.44. The Morgan fingerprint density at radius 1 is 1.37 bits per heavy atom. The van der Waals surface area contributed by atoms with Crippen LogP contribution in [-0.2, 0) is 6.42 Å². The lowest BCUT2D eigenvalue weighted by molar-refractivity contribution is 0.695. The molecular formula is C14H21N5. The smallest absolute Gasteiger partial charge is 0.191 e. The maximum atomic E-state index is 4.54. The van der Waals surface area contributed by atoms with Crippen LogP contribution in [0.15, 0.2) is 29.3 Å². The molecule has 0 spiro atoms. The third-order valence-electron chi connectivity index (χ3n) is 2.74. The Morgan fingerprint density at radius 3 is 2.84 bits per heavy atom. The average Bonchev–Trinajstić information content (AvgIpc) is 2.79. The number of H-pyrrole nitrogens is 1. The molecule has 0 amide bonds. The fourth-order valence-corrected chi connectivity index (χ4v) is 1.89. The average molecular weight is 259 g/mol. The molecule has 2 aromatic rings. The predicted molar refractivity (Wildman–Crippen MR) is 79.4 cm³/mol. The van der Waals surface area contributed by atoms with Gasteiger partial charge < -0.3 is 15.6 Å². The highest BCUT2D eigenvalue weighted by Gasteiger charge is 2.03. The van der Waals surface area contributed by atoms with Crippen LogP contribution >= 0.6 is 0 Å². The molecular weight excluding hydrogens is 238 g/mol. The van der Waals surface area contributed by atoms with E-state index in [1.165, 1.54) is 0 Å². The number of nitrogens with zero attached hydrogens (tertiary/aromatic N) is 2. The highest BCUT2D eigenvalue weighted by molar-refractivity contribution is 5.79. The van der Waals surface area contributed by atoms with Gasteiger partial charge in [-0.25, -0.2) is 4.98 Å². The van der Waals surface area contributed by atoms with E-state index in [9.17, 15) is 0 Å². The number of benzene rings is 1. The second-order valence-corrected chi connectivity index (χ2v) is 4.75. The van der Waals surface area contributed by atoms with Gasteiger partial charge in [0.05, 0.1) is 11.0 Å². The summed E-state index contributed by atoms with van der Waals surface area (Å²) in [5, 5.41) is 6.52. The molecule has 1 heterocycles. The van der Waals surface area contributed by atoms with Gasteiger partial charge in [-0.3, -0.25) is 4.99 Å². The lowest BCUT2D eigenvalue weighted by Gasteiger charge is -2.13. The van der Waals surface area contributed by atoms with Crippen LogP contribution in [-0.4, -0.2) is 35.6 Å². The SMILES string of the molecule is CN=C(NCCc1nc2ccccc2[nH]1)NC(C)C. The van der Waals surface area contributed by atoms with E-state index < -0.39 is 0 Å². The minimum Gasteiger partial charge on any atom is -0.356 e. The number of fused-ring (bicyclic) bond motifs is 1. The predicted octanol–water partition coefficient (Wildman–Crippen LogP) is 1.68. The molecule has 2 rings (SSSR count). The molecule has 0 aliphatic carbocycles. The van der Waals surface area contributed by atoms with E-state index in [4.69, 9.17) is 0 Å². The Morgan fingerprint density at radius 2 is 2.16 bits per heavy atom. The van der Waals surface area contributed by atoms with E-state index in [-0.39, 0.29) is 0 Å². The lowest BCUT2D eigenvalue weighted by Crippen LogP contribution is -2.41. The minimum atomic E-state index is 0.373. The van der Waals surface area contributed by atoms with Crippen molar-refractivity contribution in [3.8, 4) is 0 Å². The van der Waals surface area contributed by atoms with Gasteiger partial charge in [0.15, 0.2) is 5.96 Å². The van der Waals surface area contributed by atoms with Gasteiger partial charge in [-0.15, -0.1) is 0 Å². The first-order valence-corrected chi connectivity index (χ1v) is 6.60. The zero-order valence-electron chi connectivity index (χ0n) is 11.7. The van der Waals surface area contributed by atoms with Crippen molar-refractivity contribution in [1.29, 1.82) is 0 Å². The second-order valence-electron chi connectivity index (χ2n) is 4.75. The Kier molecular flexibility index (Phi) is 4.39. The van der Waals surface area contributed by atoms with Crippen molar-refractivity contribution in [3.05, 3.63) is 30.1 Å². The largest absolute Gasteiger partial charge is 0.356 e. The fraction of sp³-hybridized carbons (Fsp3) is 0.429. The van der Waals surface area contributed by atoms with Gasteiger partial charge in [0, 0.05) is 26.1 Å². The molecule has 5 nitrogen and oxygen atoms in total. The van der Waals surface area contributed by atoms with Crippen molar-refractivity contribution in [2.24, 2.45) is 4.99 Å². The van der Waals surface area contributed by atoms with Gasteiger partial charge in [-0.2, -0.15) is 0 Å². The topological polar surface area (TPSA) is 65.1 Å². The summed E-state index contributed by atoms with van der Waals surface area (Å²) in [6.45, 7) is 4.98. The summed E-state index contributed by atoms with van der Waals surface area (Å²) in [5.41, 5.74) is 2.10. The van der Waals surface area contributed by atoms with Gasteiger partial charge in [0.2, 0.25) is 0 Å². The number of aromatic amines is 1. The zero-order valence-corrected chi connectivity index (χ0v) is 11.7. The number of para-hydroxylation sites is 2. The maximum Gasteiger partial charge on any atom is 0.191 e. The molecule has 102 valence electrons. The minimum absolute atomic E-state index is 0.373. The third-order valence-corrected chi connectivity index (χ3v) is 2.74. The molecule has 0 radical (unpaired) electrons. The second kappa shape index (κ2) is 6.22. The Hall–Kier alpha value is -2.04. The van der Waals surface area contributed by atoms with Crippen molar-refractivity contribution in [1.82, 2.24) is 20.6 Å². The van der Waals surface area contributed by atoms with Crippen LogP contribution in [0.3, 0.4) is 0 Å². The van der Waals surface area contributed by atoms with E-state index in [0.29, 0.717) is 6.04 Å². The first kappa shape index (κ1) is 13.4. The van der Waals surface area contributed by atoms with Crippen molar-refractivity contribution in [2.45, 2.75) is 26.3 Å². The fourth-order valence-electron chi connectivity index (χ4n) is 1.89. The van der Waals surface area contributed by atoms with Gasteiger partial charge in [0.25, 0.3) is 0 Å². The number of imidazole rings is 1. The van der Waals surface area contributed by atoms with Crippen molar-refractivity contribution in [3.63, 3.8) is 0 Å². The van der Waals surface area contributed by atoms with Crippen LogP contribution in [0.1, 0.15) is 19.7 Å². The highest BCUT2D eigenvalue weighted by atomic mass is 15.2. The summed E-state index contributed by atoms with van der Waals surface area (Å²) >= 11 is 0. The molecule has 0 saturated carbocycles. The normalized spacial score (nSPS) is 12.1. The van der Waals surface area contributed by atoms with Crippen LogP contribution in [0, 0.1) is 0 Å². The monoisotopic (exact) mass is 259 g/mol. The van der Waals surface area contributed by atoms with Crippen LogP contribution < -0.4 is 10.6 Å². The number of nitrogens with one attached hydrogen (secondary N) is 3. The summed E-state index contributed by atoms with van der Waals surface area (Å²) < 4.78 is 0. The summed E-state index contributed by atoms with van der Waals surface area (Å²) in [7, 11) is 1.78. The van der Waals surface area contributed by atoms with Crippen LogP contribution in [0.4, 0.5) is 0 Å². The van der Waals surface area contributed by atoms with E-state index in [1.807, 2.05) is 24.3 Å². The standard InChI is InChI=1S/C14H21N5/c1-10(2)17-14(15-3)16-9-8-13-18-11-6-4-5-7-12(11)19-13/h4-7,10H,8-9H2,1-3H3,(H,18,19)(H2,15,16,17). The molecule has 0 saturated heterocycles. The summed E-state index contributed by atoms with van der Waals surface area (Å²) in [5.74, 6) is 1.82. The molecule has 0 aliphatic rings. The lowest BCUT2D eigenvalue weighted by atomic mass is 10.3.